The molecule has 1 aliphatic rings. The molecule has 1 aliphatic heterocycles. The smallest absolute Gasteiger partial charge is 0.394 e. The molecule has 1 aromatic carbocycles. The number of nitrogens with two attached hydrogens (primary N) is 2. The van der Waals surface area contributed by atoms with Crippen LogP contribution in [0.4, 0.5) is 5.13 Å². The standard InChI is InChI=1S/C19H23N7O7S3/c1-19(2)14(17(28)26(19)33-36(29,30)31)24-16(27)13(12-9-35-18(22)23-12)25-32-7-8-34-11-5-3-10(4-6-11)15(20)21/h3-6,9,14H,7-8H2,1-2H3,(H3,20,21)(H2,22,23)(H,24,27)(H,29,30,31)/b25-13-/t14-/m1/s1. The topological polar surface area (TPSA) is 223 Å². The Labute approximate surface area is 214 Å². The Balaban J connectivity index is 1.64. The molecule has 2 heterocycles. The molecule has 0 spiro atoms. The second kappa shape index (κ2) is 10.8. The summed E-state index contributed by atoms with van der Waals surface area (Å²) in [5.41, 5.74) is 10.3. The van der Waals surface area contributed by atoms with E-state index in [0.717, 1.165) is 16.2 Å². The van der Waals surface area contributed by atoms with Crippen molar-refractivity contribution in [2.45, 2.75) is 30.3 Å². The van der Waals surface area contributed by atoms with Crippen LogP contribution in [0.25, 0.3) is 0 Å². The third-order valence-electron chi connectivity index (χ3n) is 4.87. The molecule has 3 rings (SSSR count). The van der Waals surface area contributed by atoms with Crippen molar-refractivity contribution in [1.82, 2.24) is 15.4 Å². The van der Waals surface area contributed by atoms with Crippen LogP contribution >= 0.6 is 23.1 Å². The van der Waals surface area contributed by atoms with Crippen LogP contribution in [0.15, 0.2) is 39.7 Å². The maximum atomic E-state index is 12.9. The van der Waals surface area contributed by atoms with Crippen molar-refractivity contribution >= 4 is 62.0 Å². The SMILES string of the molecule is CC1(C)[C@H](NC(=O)/C(=N\OCCSc2ccc(C(=N)N)cc2)c2csc(N)n2)C(=O)N1OS(=O)(=O)O. The molecule has 2 aromatic rings. The van der Waals surface area contributed by atoms with Crippen molar-refractivity contribution in [2.24, 2.45) is 10.9 Å². The first kappa shape index (κ1) is 27.3. The number of nitrogen functional groups attached to an aromatic ring is 2. The van der Waals surface area contributed by atoms with Gasteiger partial charge in [-0.2, -0.15) is 13.5 Å². The Kier molecular flexibility index (Phi) is 8.19. The summed E-state index contributed by atoms with van der Waals surface area (Å²) in [6.07, 6.45) is 0. The molecule has 0 bridgehead atoms. The van der Waals surface area contributed by atoms with Crippen LogP contribution in [0, 0.1) is 5.41 Å². The minimum atomic E-state index is -4.93. The summed E-state index contributed by atoms with van der Waals surface area (Å²) >= 11 is 2.53. The van der Waals surface area contributed by atoms with E-state index < -0.39 is 33.8 Å². The number of carbonyl (C=O) groups excluding carboxylic acids is 2. The number of hydrogen-bond donors (Lipinski definition) is 5. The Morgan fingerprint density at radius 2 is 2.06 bits per heavy atom. The number of β-lactam (4-membered cyclic amide) rings is 1. The molecule has 2 amide bonds. The van der Waals surface area contributed by atoms with E-state index >= 15 is 0 Å². The van der Waals surface area contributed by atoms with Crippen LogP contribution in [-0.2, 0) is 29.1 Å². The van der Waals surface area contributed by atoms with Gasteiger partial charge in [-0.05, 0) is 26.0 Å². The highest BCUT2D eigenvalue weighted by Crippen LogP contribution is 2.33. The lowest BCUT2D eigenvalue weighted by atomic mass is 9.84. The average Bonchev–Trinajstić information content (AvgIpc) is 3.23. The van der Waals surface area contributed by atoms with Gasteiger partial charge in [-0.1, -0.05) is 17.3 Å². The van der Waals surface area contributed by atoms with E-state index in [1.807, 2.05) is 12.1 Å². The van der Waals surface area contributed by atoms with Gasteiger partial charge in [-0.15, -0.1) is 27.4 Å². The minimum Gasteiger partial charge on any atom is -0.394 e. The number of amides is 2. The second-order valence-electron chi connectivity index (χ2n) is 7.83. The predicted octanol–water partition coefficient (Wildman–Crippen LogP) is 0.362. The summed E-state index contributed by atoms with van der Waals surface area (Å²) in [6.45, 7) is 2.98. The highest BCUT2D eigenvalue weighted by atomic mass is 32.3. The van der Waals surface area contributed by atoms with Crippen LogP contribution in [0.5, 0.6) is 0 Å². The van der Waals surface area contributed by atoms with Crippen molar-refractivity contribution in [3.05, 3.63) is 40.9 Å². The first-order chi connectivity index (χ1) is 16.8. The van der Waals surface area contributed by atoms with Gasteiger partial charge < -0.3 is 21.6 Å². The number of oxime groups is 1. The molecule has 0 radical (unpaired) electrons. The summed E-state index contributed by atoms with van der Waals surface area (Å²) < 4.78 is 35.1. The number of nitrogens with zero attached hydrogens (tertiary/aromatic N) is 3. The summed E-state index contributed by atoms with van der Waals surface area (Å²) in [7, 11) is -4.93. The molecule has 0 unspecified atom stereocenters. The summed E-state index contributed by atoms with van der Waals surface area (Å²) in [5, 5.41) is 15.9. The van der Waals surface area contributed by atoms with Crippen LogP contribution in [0.1, 0.15) is 25.1 Å². The summed E-state index contributed by atoms with van der Waals surface area (Å²) in [6, 6.07) is 5.90. The van der Waals surface area contributed by atoms with E-state index in [1.165, 1.54) is 31.0 Å². The number of thiazole rings is 1. The van der Waals surface area contributed by atoms with Crippen molar-refractivity contribution in [3.63, 3.8) is 0 Å². The van der Waals surface area contributed by atoms with Crippen LogP contribution in [0.3, 0.4) is 0 Å². The fraction of sp³-hybridized carbons (Fsp3) is 0.316. The van der Waals surface area contributed by atoms with Gasteiger partial charge in [0, 0.05) is 21.6 Å². The van der Waals surface area contributed by atoms with E-state index in [9.17, 15) is 18.0 Å². The Morgan fingerprint density at radius 1 is 1.39 bits per heavy atom. The van der Waals surface area contributed by atoms with Crippen molar-refractivity contribution in [3.8, 4) is 0 Å². The van der Waals surface area contributed by atoms with Gasteiger partial charge >= 0.3 is 10.4 Å². The highest BCUT2D eigenvalue weighted by molar-refractivity contribution is 7.99. The molecule has 1 saturated heterocycles. The highest BCUT2D eigenvalue weighted by Gasteiger charge is 2.58. The fourth-order valence-corrected chi connectivity index (χ4v) is 4.78. The number of hydroxylamine groups is 2. The monoisotopic (exact) mass is 557 g/mol. The van der Waals surface area contributed by atoms with Gasteiger partial charge in [-0.3, -0.25) is 19.6 Å². The Hall–Kier alpha value is -3.25. The molecule has 14 nitrogen and oxygen atoms in total. The maximum Gasteiger partial charge on any atom is 0.418 e. The first-order valence-corrected chi connectivity index (χ1v) is 13.3. The maximum absolute atomic E-state index is 12.9. The summed E-state index contributed by atoms with van der Waals surface area (Å²) in [5.74, 6) is -1.25. The van der Waals surface area contributed by atoms with E-state index in [2.05, 4.69) is 19.7 Å². The van der Waals surface area contributed by atoms with Gasteiger partial charge in [0.05, 0.1) is 5.54 Å². The first-order valence-electron chi connectivity index (χ1n) is 10.1. The van der Waals surface area contributed by atoms with Crippen molar-refractivity contribution in [2.75, 3.05) is 18.1 Å². The minimum absolute atomic E-state index is 0.0247. The number of hydrogen-bond acceptors (Lipinski definition) is 12. The van der Waals surface area contributed by atoms with E-state index in [1.54, 1.807) is 12.1 Å². The molecule has 194 valence electrons. The largest absolute Gasteiger partial charge is 0.418 e. The zero-order chi connectivity index (χ0) is 26.7. The number of anilines is 1. The molecule has 17 heteroatoms. The van der Waals surface area contributed by atoms with Gasteiger partial charge in [-0.25, -0.2) is 4.98 Å². The number of aromatic nitrogens is 1. The number of rotatable bonds is 11. The quantitative estimate of drug-likeness (QED) is 0.0482. The number of nitrogens with one attached hydrogen (secondary N) is 2. The van der Waals surface area contributed by atoms with Crippen molar-refractivity contribution in [1.29, 1.82) is 5.41 Å². The Bertz CT molecular complexity index is 1290. The van der Waals surface area contributed by atoms with Gasteiger partial charge in [0.2, 0.25) is 0 Å². The zero-order valence-electron chi connectivity index (χ0n) is 19.0. The molecule has 1 aromatic heterocycles. The number of amidine groups is 1. The zero-order valence-corrected chi connectivity index (χ0v) is 21.4. The molecular formula is C19H23N7O7S3. The van der Waals surface area contributed by atoms with Gasteiger partial charge in [0.15, 0.2) is 10.8 Å². The number of thioether (sulfide) groups is 1. The Morgan fingerprint density at radius 3 is 2.58 bits per heavy atom. The fourth-order valence-electron chi connectivity index (χ4n) is 3.06. The molecule has 1 fully saturated rings. The lowest BCUT2D eigenvalue weighted by molar-refractivity contribution is -0.218. The number of carbonyl (C=O) groups is 2. The molecule has 0 saturated carbocycles. The molecule has 7 N–H and O–H groups in total. The summed E-state index contributed by atoms with van der Waals surface area (Å²) in [4.78, 5) is 35.5. The van der Waals surface area contributed by atoms with Crippen LogP contribution in [-0.4, -0.2) is 70.3 Å². The third-order valence-corrected chi connectivity index (χ3v) is 6.85. The average molecular weight is 558 g/mol. The van der Waals surface area contributed by atoms with Crippen LogP contribution in [0.2, 0.25) is 0 Å². The molecule has 1 atom stereocenters. The van der Waals surface area contributed by atoms with Gasteiger partial charge in [0.25, 0.3) is 11.8 Å². The molecule has 0 aliphatic carbocycles. The van der Waals surface area contributed by atoms with Crippen molar-refractivity contribution < 1.29 is 31.7 Å². The van der Waals surface area contributed by atoms with E-state index in [4.69, 9.17) is 26.3 Å². The van der Waals surface area contributed by atoms with E-state index in [-0.39, 0.29) is 29.0 Å². The predicted molar refractivity (Wildman–Crippen MR) is 133 cm³/mol. The number of benzene rings is 1. The molecule has 36 heavy (non-hydrogen) atoms. The normalized spacial score (nSPS) is 17.4. The lowest BCUT2D eigenvalue weighted by Crippen LogP contribution is -2.76. The second-order valence-corrected chi connectivity index (χ2v) is 10.9. The lowest BCUT2D eigenvalue weighted by Gasteiger charge is -2.50. The third kappa shape index (κ3) is 6.49. The molecular weight excluding hydrogens is 534 g/mol. The van der Waals surface area contributed by atoms with E-state index in [0.29, 0.717) is 16.4 Å². The van der Waals surface area contributed by atoms with Gasteiger partial charge in [0.1, 0.15) is 24.2 Å². The van der Waals surface area contributed by atoms with Crippen LogP contribution < -0.4 is 16.8 Å².